The lowest BCUT2D eigenvalue weighted by Crippen LogP contribution is -2.07. The van der Waals surface area contributed by atoms with Gasteiger partial charge in [-0.15, -0.1) is 0 Å². The zero-order valence-corrected chi connectivity index (χ0v) is 10.9. The van der Waals surface area contributed by atoms with E-state index in [1.165, 1.54) is 12.1 Å². The Labute approximate surface area is 111 Å². The predicted octanol–water partition coefficient (Wildman–Crippen LogP) is 3.65. The Morgan fingerprint density at radius 1 is 1.11 bits per heavy atom. The van der Waals surface area contributed by atoms with E-state index in [0.717, 1.165) is 0 Å². The molecule has 1 unspecified atom stereocenters. The number of benzene rings is 2. The molecule has 0 saturated carbocycles. The molecule has 0 saturated heterocycles. The van der Waals surface area contributed by atoms with E-state index in [2.05, 4.69) is 0 Å². The third kappa shape index (κ3) is 3.23. The van der Waals surface area contributed by atoms with Crippen molar-refractivity contribution in [2.24, 2.45) is 5.73 Å². The van der Waals surface area contributed by atoms with Crippen molar-refractivity contribution in [3.8, 4) is 17.2 Å². The standard InChI is InChI=1S/C15H16FNO2/c1-10(17)14-8-11(16)6-7-15(14)19-13-5-3-4-12(9-13)18-2/h3-10H,17H2,1-2H3. The number of ether oxygens (including phenoxy) is 2. The minimum absolute atomic E-state index is 0.309. The van der Waals surface area contributed by atoms with Crippen LogP contribution in [-0.2, 0) is 0 Å². The molecule has 100 valence electrons. The monoisotopic (exact) mass is 261 g/mol. The minimum atomic E-state index is -0.328. The summed E-state index contributed by atoms with van der Waals surface area (Å²) in [6.07, 6.45) is 0. The van der Waals surface area contributed by atoms with Gasteiger partial charge in [-0.05, 0) is 37.3 Å². The lowest BCUT2D eigenvalue weighted by molar-refractivity contribution is 0.408. The summed E-state index contributed by atoms with van der Waals surface area (Å²) < 4.78 is 24.1. The maximum Gasteiger partial charge on any atom is 0.132 e. The highest BCUT2D eigenvalue weighted by Crippen LogP contribution is 2.30. The van der Waals surface area contributed by atoms with Crippen LogP contribution in [0.4, 0.5) is 4.39 Å². The number of halogens is 1. The molecule has 0 bridgehead atoms. The van der Waals surface area contributed by atoms with Crippen LogP contribution >= 0.6 is 0 Å². The molecule has 2 aromatic rings. The Balaban J connectivity index is 2.32. The topological polar surface area (TPSA) is 44.5 Å². The molecule has 0 aliphatic heterocycles. The van der Waals surface area contributed by atoms with Crippen LogP contribution in [0.5, 0.6) is 17.2 Å². The predicted molar refractivity (Wildman–Crippen MR) is 72.1 cm³/mol. The minimum Gasteiger partial charge on any atom is -0.497 e. The van der Waals surface area contributed by atoms with E-state index in [1.54, 1.807) is 32.2 Å². The van der Waals surface area contributed by atoms with E-state index >= 15 is 0 Å². The first-order chi connectivity index (χ1) is 9.10. The van der Waals surface area contributed by atoms with E-state index in [4.69, 9.17) is 15.2 Å². The van der Waals surface area contributed by atoms with Crippen LogP contribution in [0.25, 0.3) is 0 Å². The molecule has 1 atom stereocenters. The highest BCUT2D eigenvalue weighted by Gasteiger charge is 2.10. The summed E-state index contributed by atoms with van der Waals surface area (Å²) in [5.41, 5.74) is 6.45. The molecule has 0 aliphatic rings. The van der Waals surface area contributed by atoms with Crippen molar-refractivity contribution in [2.45, 2.75) is 13.0 Å². The van der Waals surface area contributed by atoms with E-state index in [-0.39, 0.29) is 11.9 Å². The molecule has 0 aliphatic carbocycles. The summed E-state index contributed by atoms with van der Waals surface area (Å²) in [4.78, 5) is 0. The molecule has 0 spiro atoms. The van der Waals surface area contributed by atoms with Gasteiger partial charge >= 0.3 is 0 Å². The van der Waals surface area contributed by atoms with Gasteiger partial charge in [0, 0.05) is 17.7 Å². The summed E-state index contributed by atoms with van der Waals surface area (Å²) in [5, 5.41) is 0. The van der Waals surface area contributed by atoms with Gasteiger partial charge in [-0.1, -0.05) is 6.07 Å². The van der Waals surface area contributed by atoms with Crippen molar-refractivity contribution in [2.75, 3.05) is 7.11 Å². The molecule has 19 heavy (non-hydrogen) atoms. The molecule has 2 rings (SSSR count). The van der Waals surface area contributed by atoms with Gasteiger partial charge in [0.25, 0.3) is 0 Å². The number of rotatable bonds is 4. The summed E-state index contributed by atoms with van der Waals surface area (Å²) in [6.45, 7) is 1.78. The fraction of sp³-hybridized carbons (Fsp3) is 0.200. The van der Waals surface area contributed by atoms with Gasteiger partial charge in [-0.25, -0.2) is 4.39 Å². The second-order valence-electron chi connectivity index (χ2n) is 4.25. The van der Waals surface area contributed by atoms with Gasteiger partial charge < -0.3 is 15.2 Å². The van der Waals surface area contributed by atoms with Crippen LogP contribution in [-0.4, -0.2) is 7.11 Å². The largest absolute Gasteiger partial charge is 0.497 e. The zero-order valence-electron chi connectivity index (χ0n) is 10.9. The Bertz CT molecular complexity index is 570. The maximum atomic E-state index is 13.2. The SMILES string of the molecule is COc1cccc(Oc2ccc(F)cc2C(C)N)c1. The Morgan fingerprint density at radius 2 is 1.84 bits per heavy atom. The second kappa shape index (κ2) is 5.71. The van der Waals surface area contributed by atoms with Crippen molar-refractivity contribution in [1.82, 2.24) is 0 Å². The molecule has 0 heterocycles. The zero-order chi connectivity index (χ0) is 13.8. The molecule has 3 nitrogen and oxygen atoms in total. The van der Waals surface area contributed by atoms with Crippen LogP contribution in [0, 0.1) is 5.82 Å². The van der Waals surface area contributed by atoms with Gasteiger partial charge in [0.1, 0.15) is 23.1 Å². The maximum absolute atomic E-state index is 13.2. The van der Waals surface area contributed by atoms with Gasteiger partial charge in [0.05, 0.1) is 7.11 Å². The summed E-state index contributed by atoms with van der Waals surface area (Å²) in [5.74, 6) is 1.53. The van der Waals surface area contributed by atoms with Gasteiger partial charge in [0.15, 0.2) is 0 Å². The Hall–Kier alpha value is -2.07. The first-order valence-electron chi connectivity index (χ1n) is 5.97. The lowest BCUT2D eigenvalue weighted by atomic mass is 10.1. The lowest BCUT2D eigenvalue weighted by Gasteiger charge is -2.14. The van der Waals surface area contributed by atoms with Crippen LogP contribution in [0.3, 0.4) is 0 Å². The summed E-state index contributed by atoms with van der Waals surface area (Å²) >= 11 is 0. The van der Waals surface area contributed by atoms with Crippen molar-refractivity contribution in [3.05, 3.63) is 53.8 Å². The summed E-state index contributed by atoms with van der Waals surface area (Å²) in [6, 6.07) is 11.2. The number of hydrogen-bond acceptors (Lipinski definition) is 3. The van der Waals surface area contributed by atoms with Gasteiger partial charge in [0.2, 0.25) is 0 Å². The van der Waals surface area contributed by atoms with Gasteiger partial charge in [-0.2, -0.15) is 0 Å². The third-order valence-corrected chi connectivity index (χ3v) is 2.73. The van der Waals surface area contributed by atoms with Crippen molar-refractivity contribution < 1.29 is 13.9 Å². The van der Waals surface area contributed by atoms with E-state index in [0.29, 0.717) is 22.8 Å². The van der Waals surface area contributed by atoms with Crippen LogP contribution < -0.4 is 15.2 Å². The molecule has 0 amide bonds. The number of hydrogen-bond donors (Lipinski definition) is 1. The average Bonchev–Trinajstić information content (AvgIpc) is 2.41. The smallest absolute Gasteiger partial charge is 0.132 e. The molecule has 0 aromatic heterocycles. The van der Waals surface area contributed by atoms with E-state index < -0.39 is 0 Å². The average molecular weight is 261 g/mol. The molecule has 2 aromatic carbocycles. The Kier molecular flexibility index (Phi) is 4.02. The van der Waals surface area contributed by atoms with Crippen LogP contribution in [0.1, 0.15) is 18.5 Å². The van der Waals surface area contributed by atoms with Crippen LogP contribution in [0.15, 0.2) is 42.5 Å². The van der Waals surface area contributed by atoms with Gasteiger partial charge in [-0.3, -0.25) is 0 Å². The quantitative estimate of drug-likeness (QED) is 0.913. The first kappa shape index (κ1) is 13.4. The number of nitrogens with two attached hydrogens (primary N) is 1. The van der Waals surface area contributed by atoms with E-state index in [1.807, 2.05) is 12.1 Å². The van der Waals surface area contributed by atoms with Crippen molar-refractivity contribution in [1.29, 1.82) is 0 Å². The highest BCUT2D eigenvalue weighted by molar-refractivity contribution is 5.41. The van der Waals surface area contributed by atoms with Crippen molar-refractivity contribution >= 4 is 0 Å². The number of methoxy groups -OCH3 is 1. The normalized spacial score (nSPS) is 12.0. The summed E-state index contributed by atoms with van der Waals surface area (Å²) in [7, 11) is 1.59. The molecule has 4 heteroatoms. The molecular formula is C15H16FNO2. The van der Waals surface area contributed by atoms with Crippen LogP contribution in [0.2, 0.25) is 0 Å². The highest BCUT2D eigenvalue weighted by atomic mass is 19.1. The molecule has 2 N–H and O–H groups in total. The molecule has 0 radical (unpaired) electrons. The third-order valence-electron chi connectivity index (χ3n) is 2.73. The van der Waals surface area contributed by atoms with E-state index in [9.17, 15) is 4.39 Å². The fourth-order valence-electron chi connectivity index (χ4n) is 1.76. The second-order valence-corrected chi connectivity index (χ2v) is 4.25. The fourth-order valence-corrected chi connectivity index (χ4v) is 1.76. The molecule has 0 fully saturated rings. The van der Waals surface area contributed by atoms with Crippen molar-refractivity contribution in [3.63, 3.8) is 0 Å². The Morgan fingerprint density at radius 3 is 2.53 bits per heavy atom. The molecular weight excluding hydrogens is 245 g/mol. The first-order valence-corrected chi connectivity index (χ1v) is 5.97.